The third-order valence-corrected chi connectivity index (χ3v) is 4.10. The molecule has 0 amide bonds. The van der Waals surface area contributed by atoms with Crippen LogP contribution < -0.4 is 5.32 Å². The van der Waals surface area contributed by atoms with E-state index in [-0.39, 0.29) is 0 Å². The van der Waals surface area contributed by atoms with Gasteiger partial charge in [0.15, 0.2) is 0 Å². The van der Waals surface area contributed by atoms with Crippen LogP contribution in [0.25, 0.3) is 10.9 Å². The van der Waals surface area contributed by atoms with E-state index in [1.165, 1.54) is 47.9 Å². The van der Waals surface area contributed by atoms with Crippen LogP contribution in [-0.4, -0.2) is 23.5 Å². The molecule has 1 heterocycles. The highest BCUT2D eigenvalue weighted by atomic mass is 32.2. The summed E-state index contributed by atoms with van der Waals surface area (Å²) in [4.78, 5) is 3.23. The average molecular weight is 276 g/mol. The van der Waals surface area contributed by atoms with Crippen molar-refractivity contribution in [2.75, 3.05) is 18.6 Å². The van der Waals surface area contributed by atoms with Crippen LogP contribution in [0.3, 0.4) is 0 Å². The molecule has 0 aliphatic carbocycles. The van der Waals surface area contributed by atoms with Gasteiger partial charge in [-0.2, -0.15) is 11.8 Å². The number of benzene rings is 1. The summed E-state index contributed by atoms with van der Waals surface area (Å²) in [6.07, 6.45) is 9.56. The lowest BCUT2D eigenvalue weighted by atomic mass is 10.1. The summed E-state index contributed by atoms with van der Waals surface area (Å²) in [7, 11) is 0. The van der Waals surface area contributed by atoms with Crippen molar-refractivity contribution in [2.24, 2.45) is 0 Å². The molecule has 2 N–H and O–H groups in total. The first-order valence-electron chi connectivity index (χ1n) is 7.16. The number of rotatable bonds is 9. The molecule has 0 aliphatic rings. The van der Waals surface area contributed by atoms with Gasteiger partial charge in [-0.1, -0.05) is 18.9 Å². The predicted octanol–water partition coefficient (Wildman–Crippen LogP) is 4.18. The monoisotopic (exact) mass is 276 g/mol. The maximum atomic E-state index is 3.53. The van der Waals surface area contributed by atoms with Crippen LogP contribution in [0.5, 0.6) is 0 Å². The molecule has 19 heavy (non-hydrogen) atoms. The van der Waals surface area contributed by atoms with Crippen LogP contribution in [0.2, 0.25) is 0 Å². The number of hydrogen-bond acceptors (Lipinski definition) is 2. The first-order chi connectivity index (χ1) is 9.40. The Morgan fingerprint density at radius 3 is 2.89 bits per heavy atom. The Hall–Kier alpha value is -0.930. The molecule has 2 rings (SSSR count). The Morgan fingerprint density at radius 1 is 1.11 bits per heavy atom. The zero-order valence-corrected chi connectivity index (χ0v) is 12.6. The number of aromatic nitrogens is 1. The van der Waals surface area contributed by atoms with Crippen LogP contribution >= 0.6 is 11.8 Å². The number of aromatic amines is 1. The molecule has 3 heteroatoms. The second kappa shape index (κ2) is 8.28. The van der Waals surface area contributed by atoms with E-state index in [1.54, 1.807) is 0 Å². The highest BCUT2D eigenvalue weighted by molar-refractivity contribution is 7.98. The fourth-order valence-corrected chi connectivity index (χ4v) is 2.79. The Balaban J connectivity index is 1.60. The van der Waals surface area contributed by atoms with Gasteiger partial charge in [0.05, 0.1) is 0 Å². The lowest BCUT2D eigenvalue weighted by Gasteiger charge is -2.05. The van der Waals surface area contributed by atoms with Crippen molar-refractivity contribution < 1.29 is 0 Å². The normalized spacial score (nSPS) is 11.2. The molecule has 1 aromatic carbocycles. The van der Waals surface area contributed by atoms with Gasteiger partial charge >= 0.3 is 0 Å². The standard InChI is InChI=1S/C16H24N2S/c1-19-11-5-3-2-4-9-17-13-14-6-7-16-15(12-14)8-10-18-16/h6-8,10,12,17-18H,2-5,9,11,13H2,1H3. The molecule has 0 radical (unpaired) electrons. The van der Waals surface area contributed by atoms with Gasteiger partial charge in [0.1, 0.15) is 0 Å². The van der Waals surface area contributed by atoms with Crippen LogP contribution in [0.1, 0.15) is 31.2 Å². The van der Waals surface area contributed by atoms with E-state index in [2.05, 4.69) is 40.8 Å². The lowest BCUT2D eigenvalue weighted by molar-refractivity contribution is 0.600. The van der Waals surface area contributed by atoms with Gasteiger partial charge in [0, 0.05) is 18.3 Å². The number of fused-ring (bicyclic) bond motifs is 1. The minimum absolute atomic E-state index is 0.978. The van der Waals surface area contributed by atoms with E-state index in [0.29, 0.717) is 0 Å². The highest BCUT2D eigenvalue weighted by Crippen LogP contribution is 2.14. The van der Waals surface area contributed by atoms with Gasteiger partial charge < -0.3 is 10.3 Å². The third kappa shape index (κ3) is 4.92. The zero-order valence-electron chi connectivity index (χ0n) is 11.7. The summed E-state index contributed by atoms with van der Waals surface area (Å²) in [5.41, 5.74) is 2.59. The quantitative estimate of drug-likeness (QED) is 0.672. The molecule has 0 unspecified atom stereocenters. The number of thioether (sulfide) groups is 1. The molecule has 1 aromatic heterocycles. The summed E-state index contributed by atoms with van der Waals surface area (Å²) in [5.74, 6) is 1.31. The maximum Gasteiger partial charge on any atom is 0.0454 e. The average Bonchev–Trinajstić information content (AvgIpc) is 2.89. The van der Waals surface area contributed by atoms with E-state index in [9.17, 15) is 0 Å². The van der Waals surface area contributed by atoms with Gasteiger partial charge in [-0.3, -0.25) is 0 Å². The predicted molar refractivity (Wildman–Crippen MR) is 86.9 cm³/mol. The molecule has 0 spiro atoms. The minimum Gasteiger partial charge on any atom is -0.361 e. The summed E-state index contributed by atoms with van der Waals surface area (Å²) in [5, 5.41) is 4.84. The lowest BCUT2D eigenvalue weighted by Crippen LogP contribution is -2.14. The smallest absolute Gasteiger partial charge is 0.0454 e. The number of unbranched alkanes of at least 4 members (excludes halogenated alkanes) is 3. The molecule has 0 bridgehead atoms. The van der Waals surface area contributed by atoms with Crippen molar-refractivity contribution in [3.8, 4) is 0 Å². The first kappa shape index (κ1) is 14.5. The number of nitrogens with one attached hydrogen (secondary N) is 2. The largest absolute Gasteiger partial charge is 0.361 e. The van der Waals surface area contributed by atoms with E-state index in [4.69, 9.17) is 0 Å². The summed E-state index contributed by atoms with van der Waals surface area (Å²) in [6, 6.07) is 8.75. The van der Waals surface area contributed by atoms with Gasteiger partial charge in [-0.25, -0.2) is 0 Å². The summed E-state index contributed by atoms with van der Waals surface area (Å²) >= 11 is 1.95. The van der Waals surface area contributed by atoms with E-state index >= 15 is 0 Å². The molecular weight excluding hydrogens is 252 g/mol. The van der Waals surface area contributed by atoms with Crippen LogP contribution in [0.4, 0.5) is 0 Å². The molecule has 0 aliphatic heterocycles. The Bertz CT molecular complexity index is 478. The fraction of sp³-hybridized carbons (Fsp3) is 0.500. The van der Waals surface area contributed by atoms with Crippen LogP contribution in [0.15, 0.2) is 30.5 Å². The van der Waals surface area contributed by atoms with Gasteiger partial charge in [-0.05, 0) is 60.5 Å². The van der Waals surface area contributed by atoms with Gasteiger partial charge in [0.2, 0.25) is 0 Å². The Kier molecular flexibility index (Phi) is 6.31. The third-order valence-electron chi connectivity index (χ3n) is 3.40. The van der Waals surface area contributed by atoms with Crippen molar-refractivity contribution in [2.45, 2.75) is 32.2 Å². The summed E-state index contributed by atoms with van der Waals surface area (Å²) < 4.78 is 0. The molecule has 104 valence electrons. The fourth-order valence-electron chi connectivity index (χ4n) is 2.30. The minimum atomic E-state index is 0.978. The van der Waals surface area contributed by atoms with Gasteiger partial charge in [-0.15, -0.1) is 0 Å². The first-order valence-corrected chi connectivity index (χ1v) is 8.55. The van der Waals surface area contributed by atoms with Crippen LogP contribution in [-0.2, 0) is 6.54 Å². The van der Waals surface area contributed by atoms with Crippen molar-refractivity contribution in [1.82, 2.24) is 10.3 Å². The molecule has 2 nitrogen and oxygen atoms in total. The topological polar surface area (TPSA) is 27.8 Å². The van der Waals surface area contributed by atoms with E-state index in [0.717, 1.165) is 13.1 Å². The SMILES string of the molecule is CSCCCCCCNCc1ccc2[nH]ccc2c1. The maximum absolute atomic E-state index is 3.53. The number of H-pyrrole nitrogens is 1. The van der Waals surface area contributed by atoms with Gasteiger partial charge in [0.25, 0.3) is 0 Å². The van der Waals surface area contributed by atoms with Crippen molar-refractivity contribution >= 4 is 22.7 Å². The second-order valence-electron chi connectivity index (χ2n) is 4.98. The van der Waals surface area contributed by atoms with E-state index < -0.39 is 0 Å². The molecular formula is C16H24N2S. The zero-order chi connectivity index (χ0) is 13.3. The summed E-state index contributed by atoms with van der Waals surface area (Å²) in [6.45, 7) is 2.11. The van der Waals surface area contributed by atoms with Crippen LogP contribution in [0, 0.1) is 0 Å². The number of hydrogen-bond donors (Lipinski definition) is 2. The van der Waals surface area contributed by atoms with Crippen molar-refractivity contribution in [1.29, 1.82) is 0 Å². The Morgan fingerprint density at radius 2 is 2.00 bits per heavy atom. The molecule has 0 fully saturated rings. The molecule has 0 atom stereocenters. The van der Waals surface area contributed by atoms with Crippen molar-refractivity contribution in [3.63, 3.8) is 0 Å². The molecule has 0 saturated heterocycles. The van der Waals surface area contributed by atoms with Crippen molar-refractivity contribution in [3.05, 3.63) is 36.0 Å². The second-order valence-corrected chi connectivity index (χ2v) is 5.97. The molecule has 0 saturated carbocycles. The van der Waals surface area contributed by atoms with E-state index in [1.807, 2.05) is 18.0 Å². The molecule has 2 aromatic rings. The Labute approximate surface area is 120 Å². The highest BCUT2D eigenvalue weighted by Gasteiger charge is 1.97.